The van der Waals surface area contributed by atoms with Gasteiger partial charge < -0.3 is 10.2 Å². The van der Waals surface area contributed by atoms with E-state index in [1.807, 2.05) is 19.9 Å². The molecule has 0 spiro atoms. The summed E-state index contributed by atoms with van der Waals surface area (Å²) >= 11 is 0. The van der Waals surface area contributed by atoms with Gasteiger partial charge in [0.05, 0.1) is 11.5 Å². The van der Waals surface area contributed by atoms with Gasteiger partial charge in [0, 0.05) is 24.8 Å². The molecule has 0 radical (unpaired) electrons. The van der Waals surface area contributed by atoms with Crippen LogP contribution in [0.1, 0.15) is 25.1 Å². The van der Waals surface area contributed by atoms with E-state index in [1.54, 1.807) is 0 Å². The summed E-state index contributed by atoms with van der Waals surface area (Å²) in [5, 5.41) is 3.29. The monoisotopic (exact) mass is 297 g/mol. The second-order valence-corrected chi connectivity index (χ2v) is 7.58. The minimum atomic E-state index is -2.88. The lowest BCUT2D eigenvalue weighted by molar-refractivity contribution is 0.566. The Balaban J connectivity index is 2.15. The number of hydrogen-bond donors (Lipinski definition) is 1. The fourth-order valence-corrected chi connectivity index (χ4v) is 4.08. The van der Waals surface area contributed by atoms with Gasteiger partial charge in [-0.15, -0.1) is 0 Å². The minimum Gasteiger partial charge on any atom is -0.352 e. The van der Waals surface area contributed by atoms with Gasteiger partial charge in [-0.25, -0.2) is 13.4 Å². The first-order valence-corrected chi connectivity index (χ1v) is 8.89. The topological polar surface area (TPSA) is 62.3 Å². The number of nitrogens with zero attached hydrogens (tertiary/aromatic N) is 2. The van der Waals surface area contributed by atoms with Crippen LogP contribution >= 0.6 is 0 Å². The van der Waals surface area contributed by atoms with Crippen molar-refractivity contribution < 1.29 is 8.42 Å². The van der Waals surface area contributed by atoms with Crippen molar-refractivity contribution in [2.45, 2.75) is 33.4 Å². The van der Waals surface area contributed by atoms with Gasteiger partial charge >= 0.3 is 0 Å². The van der Waals surface area contributed by atoms with Crippen molar-refractivity contribution in [3.05, 3.63) is 23.4 Å². The van der Waals surface area contributed by atoms with Gasteiger partial charge in [-0.3, -0.25) is 0 Å². The highest BCUT2D eigenvalue weighted by atomic mass is 32.2. The van der Waals surface area contributed by atoms with Crippen LogP contribution in [0.15, 0.2) is 12.1 Å². The van der Waals surface area contributed by atoms with Crippen LogP contribution in [0.5, 0.6) is 0 Å². The molecule has 1 fully saturated rings. The number of pyridine rings is 1. The number of rotatable bonds is 4. The molecule has 1 aliphatic rings. The van der Waals surface area contributed by atoms with Gasteiger partial charge in [-0.2, -0.15) is 0 Å². The zero-order valence-corrected chi connectivity index (χ0v) is 13.2. The maximum atomic E-state index is 11.6. The maximum absolute atomic E-state index is 11.6. The van der Waals surface area contributed by atoms with E-state index < -0.39 is 9.84 Å². The van der Waals surface area contributed by atoms with Crippen LogP contribution in [0.25, 0.3) is 0 Å². The Kier molecular flexibility index (Phi) is 4.65. The van der Waals surface area contributed by atoms with Gasteiger partial charge in [-0.05, 0) is 32.0 Å². The number of aromatic nitrogens is 1. The Morgan fingerprint density at radius 2 is 2.20 bits per heavy atom. The van der Waals surface area contributed by atoms with Crippen molar-refractivity contribution in [3.8, 4) is 0 Å². The molecule has 1 N–H and O–H groups in total. The molecule has 1 saturated heterocycles. The molecule has 1 aromatic heterocycles. The van der Waals surface area contributed by atoms with E-state index in [1.165, 1.54) is 5.56 Å². The third-order valence-corrected chi connectivity index (χ3v) is 5.51. The van der Waals surface area contributed by atoms with Gasteiger partial charge in [-0.1, -0.05) is 13.0 Å². The van der Waals surface area contributed by atoms with Gasteiger partial charge in [0.15, 0.2) is 9.84 Å². The first kappa shape index (κ1) is 15.3. The molecule has 2 rings (SSSR count). The smallest absolute Gasteiger partial charge is 0.154 e. The third-order valence-electron chi connectivity index (χ3n) is 3.71. The van der Waals surface area contributed by atoms with Crippen LogP contribution in [0.4, 0.5) is 5.82 Å². The summed E-state index contributed by atoms with van der Waals surface area (Å²) in [6.07, 6.45) is 0. The molecule has 1 atom stereocenters. The van der Waals surface area contributed by atoms with E-state index in [2.05, 4.69) is 28.2 Å². The Hall–Kier alpha value is -1.14. The summed E-state index contributed by atoms with van der Waals surface area (Å²) in [5.74, 6) is 1.31. The normalized spacial score (nSPS) is 21.9. The fourth-order valence-electron chi connectivity index (χ4n) is 2.52. The molecular formula is C14H23N3O2S. The lowest BCUT2D eigenvalue weighted by atomic mass is 10.2. The molecule has 0 aliphatic carbocycles. The lowest BCUT2D eigenvalue weighted by Crippen LogP contribution is -2.47. The molecule has 0 bridgehead atoms. The lowest BCUT2D eigenvalue weighted by Gasteiger charge is -2.34. The van der Waals surface area contributed by atoms with Crippen LogP contribution in [-0.2, 0) is 16.4 Å². The van der Waals surface area contributed by atoms with Crippen molar-refractivity contribution in [1.82, 2.24) is 10.3 Å². The Morgan fingerprint density at radius 1 is 1.45 bits per heavy atom. The highest BCUT2D eigenvalue weighted by molar-refractivity contribution is 7.91. The molecule has 0 aromatic carbocycles. The average molecular weight is 297 g/mol. The van der Waals surface area contributed by atoms with E-state index in [0.717, 1.165) is 24.6 Å². The molecule has 2 heterocycles. The standard InChI is InChI=1S/C14H23N3O2S/c1-4-15-9-13-5-6-14(16-12(13)3)17-7-8-20(18,19)10-11(17)2/h5-6,11,15H,4,7-10H2,1-3H3. The third kappa shape index (κ3) is 3.49. The zero-order valence-electron chi connectivity index (χ0n) is 12.4. The second-order valence-electron chi connectivity index (χ2n) is 5.35. The molecule has 0 amide bonds. The molecule has 20 heavy (non-hydrogen) atoms. The Labute approximate surface area is 121 Å². The summed E-state index contributed by atoms with van der Waals surface area (Å²) in [5.41, 5.74) is 2.19. The molecule has 6 heteroatoms. The highest BCUT2D eigenvalue weighted by Crippen LogP contribution is 2.21. The molecule has 5 nitrogen and oxygen atoms in total. The van der Waals surface area contributed by atoms with Crippen LogP contribution in [0.2, 0.25) is 0 Å². The van der Waals surface area contributed by atoms with Crippen molar-refractivity contribution >= 4 is 15.7 Å². The van der Waals surface area contributed by atoms with Crippen LogP contribution in [-0.4, -0.2) is 44.0 Å². The highest BCUT2D eigenvalue weighted by Gasteiger charge is 2.28. The SMILES string of the molecule is CCNCc1ccc(N2CCS(=O)(=O)CC2C)nc1C. The Bertz CT molecular complexity index is 572. The minimum absolute atomic E-state index is 0.0136. The quantitative estimate of drug-likeness (QED) is 0.902. The molecular weight excluding hydrogens is 274 g/mol. The van der Waals surface area contributed by atoms with Crippen molar-refractivity contribution in [3.63, 3.8) is 0 Å². The van der Waals surface area contributed by atoms with Crippen molar-refractivity contribution in [2.75, 3.05) is 29.5 Å². The number of sulfone groups is 1. The van der Waals surface area contributed by atoms with Crippen LogP contribution in [0.3, 0.4) is 0 Å². The predicted octanol–water partition coefficient (Wildman–Crippen LogP) is 1.12. The summed E-state index contributed by atoms with van der Waals surface area (Å²) < 4.78 is 23.2. The molecule has 1 aliphatic heterocycles. The van der Waals surface area contributed by atoms with Crippen LogP contribution in [0, 0.1) is 6.92 Å². The summed E-state index contributed by atoms with van der Waals surface area (Å²) in [6, 6.07) is 4.06. The first-order chi connectivity index (χ1) is 9.43. The van der Waals surface area contributed by atoms with E-state index in [-0.39, 0.29) is 17.5 Å². The maximum Gasteiger partial charge on any atom is 0.154 e. The van der Waals surface area contributed by atoms with E-state index in [4.69, 9.17) is 0 Å². The Morgan fingerprint density at radius 3 is 2.80 bits per heavy atom. The number of aryl methyl sites for hydroxylation is 1. The molecule has 112 valence electrons. The molecule has 1 unspecified atom stereocenters. The van der Waals surface area contributed by atoms with E-state index >= 15 is 0 Å². The summed E-state index contributed by atoms with van der Waals surface area (Å²) in [6.45, 7) is 8.30. The van der Waals surface area contributed by atoms with E-state index in [0.29, 0.717) is 6.54 Å². The summed E-state index contributed by atoms with van der Waals surface area (Å²) in [4.78, 5) is 6.73. The molecule has 1 aromatic rings. The fraction of sp³-hybridized carbons (Fsp3) is 0.643. The largest absolute Gasteiger partial charge is 0.352 e. The number of anilines is 1. The molecule has 0 saturated carbocycles. The summed E-state index contributed by atoms with van der Waals surface area (Å²) in [7, 11) is -2.88. The first-order valence-electron chi connectivity index (χ1n) is 7.07. The predicted molar refractivity (Wildman–Crippen MR) is 81.8 cm³/mol. The second kappa shape index (κ2) is 6.10. The number of nitrogens with one attached hydrogen (secondary N) is 1. The van der Waals surface area contributed by atoms with Crippen LogP contribution < -0.4 is 10.2 Å². The van der Waals surface area contributed by atoms with Gasteiger partial charge in [0.25, 0.3) is 0 Å². The van der Waals surface area contributed by atoms with Crippen molar-refractivity contribution in [2.24, 2.45) is 0 Å². The average Bonchev–Trinajstić information content (AvgIpc) is 2.36. The zero-order chi connectivity index (χ0) is 14.8. The van der Waals surface area contributed by atoms with E-state index in [9.17, 15) is 8.42 Å². The van der Waals surface area contributed by atoms with Gasteiger partial charge in [0.1, 0.15) is 5.82 Å². The van der Waals surface area contributed by atoms with Crippen molar-refractivity contribution in [1.29, 1.82) is 0 Å². The van der Waals surface area contributed by atoms with Gasteiger partial charge in [0.2, 0.25) is 0 Å². The number of hydrogen-bond acceptors (Lipinski definition) is 5.